The molecule has 0 spiro atoms. The van der Waals surface area contributed by atoms with Crippen LogP contribution in [-0.2, 0) is 4.74 Å². The molecule has 0 radical (unpaired) electrons. The van der Waals surface area contributed by atoms with Gasteiger partial charge >= 0.3 is 5.97 Å². The maximum atomic E-state index is 13.2. The van der Waals surface area contributed by atoms with Gasteiger partial charge in [0.2, 0.25) is 12.6 Å². The minimum Gasteiger partial charge on any atom is -0.462 e. The summed E-state index contributed by atoms with van der Waals surface area (Å²) in [6, 6.07) is 14.4. The van der Waals surface area contributed by atoms with Crippen molar-refractivity contribution >= 4 is 39.0 Å². The standard InChI is InChI=1S/C25H20N2O5S/c1-3-30-25(29)18-13(2)27-24-20(19(18)15-9-10-16-17(11-15)32-12-31-16)21(26)23(33-24)22(28)14-7-5-4-6-8-14/h4-11H,3,12,26H2,1-2H3. The zero-order valence-corrected chi connectivity index (χ0v) is 18.8. The number of aryl methyl sites for hydroxylation is 1. The Labute approximate surface area is 193 Å². The molecule has 3 heterocycles. The Balaban J connectivity index is 1.79. The lowest BCUT2D eigenvalue weighted by Gasteiger charge is -2.14. The summed E-state index contributed by atoms with van der Waals surface area (Å²) in [5.74, 6) is 0.498. The zero-order valence-electron chi connectivity index (χ0n) is 18.0. The number of anilines is 1. The van der Waals surface area contributed by atoms with E-state index in [2.05, 4.69) is 4.98 Å². The number of esters is 1. The van der Waals surface area contributed by atoms with Crippen molar-refractivity contribution in [2.75, 3.05) is 19.1 Å². The highest BCUT2D eigenvalue weighted by Crippen LogP contribution is 2.45. The number of nitrogen functional groups attached to an aromatic ring is 1. The fourth-order valence-corrected chi connectivity index (χ4v) is 5.06. The van der Waals surface area contributed by atoms with Gasteiger partial charge in [0.1, 0.15) is 9.71 Å². The van der Waals surface area contributed by atoms with Crippen LogP contribution in [0.25, 0.3) is 21.3 Å². The Kier molecular flexibility index (Phi) is 5.22. The van der Waals surface area contributed by atoms with Crippen LogP contribution in [0, 0.1) is 6.92 Å². The first-order chi connectivity index (χ1) is 16.0. The Hall–Kier alpha value is -3.91. The number of carbonyl (C=O) groups is 2. The topological polar surface area (TPSA) is 101 Å². The van der Waals surface area contributed by atoms with Gasteiger partial charge < -0.3 is 19.9 Å². The lowest BCUT2D eigenvalue weighted by molar-refractivity contribution is 0.0526. The molecule has 0 atom stereocenters. The summed E-state index contributed by atoms with van der Waals surface area (Å²) < 4.78 is 16.3. The maximum Gasteiger partial charge on any atom is 0.340 e. The Morgan fingerprint density at radius 1 is 1.12 bits per heavy atom. The van der Waals surface area contributed by atoms with Crippen molar-refractivity contribution in [3.05, 3.63) is 70.2 Å². The van der Waals surface area contributed by atoms with E-state index < -0.39 is 5.97 Å². The molecule has 2 aromatic carbocycles. The highest BCUT2D eigenvalue weighted by molar-refractivity contribution is 7.21. The normalized spacial score (nSPS) is 12.2. The highest BCUT2D eigenvalue weighted by atomic mass is 32.1. The molecule has 0 bridgehead atoms. The van der Waals surface area contributed by atoms with Crippen molar-refractivity contribution in [2.24, 2.45) is 0 Å². The monoisotopic (exact) mass is 460 g/mol. The van der Waals surface area contributed by atoms with Crippen LogP contribution in [0.5, 0.6) is 11.5 Å². The van der Waals surface area contributed by atoms with E-state index in [9.17, 15) is 9.59 Å². The maximum absolute atomic E-state index is 13.2. The van der Waals surface area contributed by atoms with Gasteiger partial charge in [0.15, 0.2) is 11.5 Å². The number of thiophene rings is 1. The number of pyridine rings is 1. The van der Waals surface area contributed by atoms with E-state index in [0.29, 0.717) is 54.5 Å². The molecule has 8 heteroatoms. The second-order valence-corrected chi connectivity index (χ2v) is 8.45. The molecule has 5 rings (SSSR count). The van der Waals surface area contributed by atoms with Crippen molar-refractivity contribution < 1.29 is 23.8 Å². The fourth-order valence-electron chi connectivity index (χ4n) is 3.95. The SMILES string of the molecule is CCOC(=O)c1c(C)nc2sc(C(=O)c3ccccc3)c(N)c2c1-c1ccc2c(c1)OCO2. The van der Waals surface area contributed by atoms with Gasteiger partial charge in [-0.05, 0) is 31.5 Å². The molecule has 0 amide bonds. The molecule has 0 saturated carbocycles. The molecule has 4 aromatic rings. The number of aromatic nitrogens is 1. The average molecular weight is 461 g/mol. The summed E-state index contributed by atoms with van der Waals surface area (Å²) in [5.41, 5.74) is 9.45. The lowest BCUT2D eigenvalue weighted by Crippen LogP contribution is -2.10. The van der Waals surface area contributed by atoms with Crippen LogP contribution in [0.2, 0.25) is 0 Å². The van der Waals surface area contributed by atoms with E-state index in [1.807, 2.05) is 12.1 Å². The van der Waals surface area contributed by atoms with E-state index in [0.717, 1.165) is 0 Å². The first-order valence-corrected chi connectivity index (χ1v) is 11.2. The number of nitrogens with zero attached hydrogens (tertiary/aromatic N) is 1. The third kappa shape index (κ3) is 3.48. The van der Waals surface area contributed by atoms with E-state index in [1.54, 1.807) is 50.2 Å². The Bertz CT molecular complexity index is 1410. The van der Waals surface area contributed by atoms with Gasteiger partial charge in [-0.15, -0.1) is 11.3 Å². The van der Waals surface area contributed by atoms with Crippen molar-refractivity contribution in [1.29, 1.82) is 0 Å². The van der Waals surface area contributed by atoms with E-state index in [4.69, 9.17) is 19.9 Å². The summed E-state index contributed by atoms with van der Waals surface area (Å²) in [5, 5.41) is 0.548. The first-order valence-electron chi connectivity index (χ1n) is 10.4. The second kappa shape index (κ2) is 8.22. The molecule has 7 nitrogen and oxygen atoms in total. The van der Waals surface area contributed by atoms with Crippen LogP contribution >= 0.6 is 11.3 Å². The number of benzene rings is 2. The minimum atomic E-state index is -0.501. The lowest BCUT2D eigenvalue weighted by atomic mass is 9.94. The molecular weight excluding hydrogens is 440 g/mol. The molecule has 2 aromatic heterocycles. The third-order valence-electron chi connectivity index (χ3n) is 5.44. The molecule has 0 unspecified atom stereocenters. The number of hydrogen-bond donors (Lipinski definition) is 1. The number of hydrogen-bond acceptors (Lipinski definition) is 8. The Morgan fingerprint density at radius 2 is 1.88 bits per heavy atom. The molecule has 2 N–H and O–H groups in total. The van der Waals surface area contributed by atoms with Gasteiger partial charge in [0.25, 0.3) is 0 Å². The molecule has 0 saturated heterocycles. The summed E-state index contributed by atoms with van der Waals surface area (Å²) in [6.45, 7) is 3.84. The highest BCUT2D eigenvalue weighted by Gasteiger charge is 2.28. The molecule has 33 heavy (non-hydrogen) atoms. The van der Waals surface area contributed by atoms with Crippen molar-refractivity contribution in [1.82, 2.24) is 4.98 Å². The number of carbonyl (C=O) groups excluding carboxylic acids is 2. The van der Waals surface area contributed by atoms with Crippen LogP contribution in [0.15, 0.2) is 48.5 Å². The first kappa shape index (κ1) is 21.0. The molecular formula is C25H20N2O5S. The number of nitrogens with two attached hydrogens (primary N) is 1. The van der Waals surface area contributed by atoms with Crippen molar-refractivity contribution in [3.63, 3.8) is 0 Å². The van der Waals surface area contributed by atoms with Crippen LogP contribution in [0.1, 0.15) is 38.2 Å². The molecule has 1 aliphatic rings. The van der Waals surface area contributed by atoms with Gasteiger partial charge in [-0.3, -0.25) is 4.79 Å². The van der Waals surface area contributed by atoms with Crippen LogP contribution < -0.4 is 15.2 Å². The average Bonchev–Trinajstić information content (AvgIpc) is 3.42. The van der Waals surface area contributed by atoms with Crippen molar-refractivity contribution in [3.8, 4) is 22.6 Å². The molecule has 0 fully saturated rings. The van der Waals surface area contributed by atoms with Crippen molar-refractivity contribution in [2.45, 2.75) is 13.8 Å². The summed E-state index contributed by atoms with van der Waals surface area (Å²) in [7, 11) is 0. The van der Waals surface area contributed by atoms with Crippen LogP contribution in [-0.4, -0.2) is 30.1 Å². The number of ketones is 1. The van der Waals surface area contributed by atoms with Gasteiger partial charge in [-0.1, -0.05) is 36.4 Å². The molecule has 0 aliphatic carbocycles. The number of rotatable bonds is 5. The summed E-state index contributed by atoms with van der Waals surface area (Å²) in [6.07, 6.45) is 0. The zero-order chi connectivity index (χ0) is 23.1. The summed E-state index contributed by atoms with van der Waals surface area (Å²) in [4.78, 5) is 31.8. The predicted molar refractivity (Wildman–Crippen MR) is 126 cm³/mol. The Morgan fingerprint density at radius 3 is 2.64 bits per heavy atom. The fraction of sp³-hybridized carbons (Fsp3) is 0.160. The quantitative estimate of drug-likeness (QED) is 0.331. The van der Waals surface area contributed by atoms with Crippen LogP contribution in [0.4, 0.5) is 5.69 Å². The predicted octanol–water partition coefficient (Wildman–Crippen LogP) is 4.99. The smallest absolute Gasteiger partial charge is 0.340 e. The van der Waals surface area contributed by atoms with Gasteiger partial charge in [-0.25, -0.2) is 9.78 Å². The van der Waals surface area contributed by atoms with Crippen LogP contribution in [0.3, 0.4) is 0 Å². The third-order valence-corrected chi connectivity index (χ3v) is 6.54. The molecule has 166 valence electrons. The second-order valence-electron chi connectivity index (χ2n) is 7.46. The van der Waals surface area contributed by atoms with E-state index in [-0.39, 0.29) is 24.9 Å². The van der Waals surface area contributed by atoms with Gasteiger partial charge in [0.05, 0.1) is 23.6 Å². The number of ether oxygens (including phenoxy) is 3. The molecule has 1 aliphatic heterocycles. The minimum absolute atomic E-state index is 0.130. The largest absolute Gasteiger partial charge is 0.462 e. The van der Waals surface area contributed by atoms with E-state index in [1.165, 1.54) is 11.3 Å². The van der Waals surface area contributed by atoms with E-state index >= 15 is 0 Å². The van der Waals surface area contributed by atoms with Gasteiger partial charge in [0, 0.05) is 16.5 Å². The number of fused-ring (bicyclic) bond motifs is 2. The summed E-state index contributed by atoms with van der Waals surface area (Å²) >= 11 is 1.22. The van der Waals surface area contributed by atoms with Gasteiger partial charge in [-0.2, -0.15) is 0 Å².